The number of H-pyrrole nitrogens is 1. The zero-order chi connectivity index (χ0) is 21.5. The zero-order valence-corrected chi connectivity index (χ0v) is 17.2. The normalized spacial score (nSPS) is 11.1. The van der Waals surface area contributed by atoms with Gasteiger partial charge in [-0.3, -0.25) is 14.6 Å². The molecule has 0 aliphatic carbocycles. The Morgan fingerprint density at radius 3 is 2.34 bits per heavy atom. The molecule has 3 N–H and O–H groups in total. The number of halogens is 2. The van der Waals surface area contributed by atoms with Gasteiger partial charge in [-0.05, 0) is 39.0 Å². The highest BCUT2D eigenvalue weighted by Crippen LogP contribution is 2.38. The predicted octanol–water partition coefficient (Wildman–Crippen LogP) is 2.65. The van der Waals surface area contributed by atoms with Crippen molar-refractivity contribution in [3.8, 4) is 17.2 Å². The number of nitrogens with zero attached hydrogens (tertiary/aromatic N) is 3. The van der Waals surface area contributed by atoms with Crippen LogP contribution >= 0.6 is 23.2 Å². The van der Waals surface area contributed by atoms with Crippen molar-refractivity contribution < 1.29 is 4.74 Å². The largest absolute Gasteiger partial charge is 0.453 e. The van der Waals surface area contributed by atoms with Crippen molar-refractivity contribution >= 4 is 29.0 Å². The standard InChI is InChI=1S/C18H17Cl2N5O4/c1-8(2)24-7-11(4-9(3)17(24)27)29-14-12(19)5-10(6-13(14)20)25-18(28)22-16(26)15(21)23-25/h4-8H,1-3H3,(H2,21,23)(H,22,26,28). The summed E-state index contributed by atoms with van der Waals surface area (Å²) in [6.45, 7) is 5.43. The third-order valence-corrected chi connectivity index (χ3v) is 4.62. The molecule has 152 valence electrons. The van der Waals surface area contributed by atoms with Crippen LogP contribution in [-0.2, 0) is 0 Å². The molecule has 0 fully saturated rings. The van der Waals surface area contributed by atoms with Crippen molar-refractivity contribution in [2.24, 2.45) is 0 Å². The lowest BCUT2D eigenvalue weighted by atomic mass is 10.2. The van der Waals surface area contributed by atoms with Gasteiger partial charge in [0.1, 0.15) is 5.75 Å². The molecule has 3 aromatic rings. The summed E-state index contributed by atoms with van der Waals surface area (Å²) in [4.78, 5) is 37.6. The summed E-state index contributed by atoms with van der Waals surface area (Å²) in [5.41, 5.74) is 4.43. The van der Waals surface area contributed by atoms with E-state index in [9.17, 15) is 14.4 Å². The number of pyridine rings is 1. The fourth-order valence-corrected chi connectivity index (χ4v) is 3.18. The Kier molecular flexibility index (Phi) is 5.54. The molecule has 9 nitrogen and oxygen atoms in total. The van der Waals surface area contributed by atoms with Crippen LogP contribution in [0.4, 0.5) is 5.82 Å². The Balaban J connectivity index is 2.06. The van der Waals surface area contributed by atoms with E-state index in [1.54, 1.807) is 19.2 Å². The van der Waals surface area contributed by atoms with Gasteiger partial charge in [0.05, 0.1) is 21.9 Å². The molecular formula is C18H17Cl2N5O4. The molecule has 0 atom stereocenters. The number of aromatic nitrogens is 4. The first-order valence-electron chi connectivity index (χ1n) is 8.47. The average molecular weight is 438 g/mol. The molecule has 0 spiro atoms. The van der Waals surface area contributed by atoms with Gasteiger partial charge in [-0.1, -0.05) is 23.2 Å². The van der Waals surface area contributed by atoms with Crippen LogP contribution in [0.5, 0.6) is 11.5 Å². The van der Waals surface area contributed by atoms with E-state index in [2.05, 4.69) is 5.10 Å². The molecule has 0 amide bonds. The summed E-state index contributed by atoms with van der Waals surface area (Å²) in [7, 11) is 0. The van der Waals surface area contributed by atoms with Crippen LogP contribution in [0.25, 0.3) is 5.69 Å². The summed E-state index contributed by atoms with van der Waals surface area (Å²) >= 11 is 12.6. The molecule has 29 heavy (non-hydrogen) atoms. The predicted molar refractivity (Wildman–Crippen MR) is 111 cm³/mol. The van der Waals surface area contributed by atoms with Crippen LogP contribution in [0.15, 0.2) is 38.8 Å². The van der Waals surface area contributed by atoms with E-state index in [0.29, 0.717) is 11.3 Å². The Morgan fingerprint density at radius 1 is 1.14 bits per heavy atom. The van der Waals surface area contributed by atoms with E-state index >= 15 is 0 Å². The van der Waals surface area contributed by atoms with Gasteiger partial charge in [-0.15, -0.1) is 5.10 Å². The second kappa shape index (κ2) is 7.76. The van der Waals surface area contributed by atoms with Crippen LogP contribution in [0, 0.1) is 6.92 Å². The first-order chi connectivity index (χ1) is 13.6. The number of anilines is 1. The molecule has 11 heteroatoms. The van der Waals surface area contributed by atoms with Crippen LogP contribution in [0.3, 0.4) is 0 Å². The molecule has 2 heterocycles. The number of ether oxygens (including phenoxy) is 1. The highest BCUT2D eigenvalue weighted by atomic mass is 35.5. The van der Waals surface area contributed by atoms with Gasteiger partial charge in [0.15, 0.2) is 5.75 Å². The summed E-state index contributed by atoms with van der Waals surface area (Å²) in [5.74, 6) is 0.121. The summed E-state index contributed by atoms with van der Waals surface area (Å²) < 4.78 is 8.21. The van der Waals surface area contributed by atoms with Crippen molar-refractivity contribution in [2.75, 3.05) is 5.73 Å². The molecule has 2 aromatic heterocycles. The summed E-state index contributed by atoms with van der Waals surface area (Å²) in [6, 6.07) is 4.29. The number of hydrogen-bond acceptors (Lipinski definition) is 6. The monoisotopic (exact) mass is 437 g/mol. The first kappa shape index (κ1) is 20.7. The van der Waals surface area contributed by atoms with Crippen molar-refractivity contribution in [2.45, 2.75) is 26.8 Å². The lowest BCUT2D eigenvalue weighted by molar-refractivity contribution is 0.464. The summed E-state index contributed by atoms with van der Waals surface area (Å²) in [5, 5.41) is 3.91. The second-order valence-electron chi connectivity index (χ2n) is 6.56. The fourth-order valence-electron chi connectivity index (χ4n) is 2.62. The maximum absolute atomic E-state index is 12.2. The van der Waals surface area contributed by atoms with Crippen LogP contribution in [-0.4, -0.2) is 19.3 Å². The third kappa shape index (κ3) is 4.06. The Labute approximate surface area is 174 Å². The smallest absolute Gasteiger partial charge is 0.349 e. The van der Waals surface area contributed by atoms with Gasteiger partial charge in [0.2, 0.25) is 5.82 Å². The maximum Gasteiger partial charge on any atom is 0.349 e. The Hall–Kier alpha value is -3.04. The van der Waals surface area contributed by atoms with Gasteiger partial charge in [-0.2, -0.15) is 4.68 Å². The van der Waals surface area contributed by atoms with Gasteiger partial charge < -0.3 is 15.0 Å². The zero-order valence-electron chi connectivity index (χ0n) is 15.7. The van der Waals surface area contributed by atoms with Crippen LogP contribution < -0.4 is 27.3 Å². The highest BCUT2D eigenvalue weighted by Gasteiger charge is 2.16. The van der Waals surface area contributed by atoms with Gasteiger partial charge in [0, 0.05) is 11.6 Å². The van der Waals surface area contributed by atoms with E-state index in [0.717, 1.165) is 4.68 Å². The molecular weight excluding hydrogens is 421 g/mol. The molecule has 0 saturated heterocycles. The lowest BCUT2D eigenvalue weighted by Crippen LogP contribution is -2.33. The number of nitrogen functional groups attached to an aromatic ring is 1. The Morgan fingerprint density at radius 2 is 1.76 bits per heavy atom. The molecule has 0 aliphatic heterocycles. The molecule has 1 aromatic carbocycles. The first-order valence-corrected chi connectivity index (χ1v) is 9.23. The quantitative estimate of drug-likeness (QED) is 0.645. The lowest BCUT2D eigenvalue weighted by Gasteiger charge is -2.16. The minimum absolute atomic E-state index is 0.0679. The van der Waals surface area contributed by atoms with Crippen molar-refractivity contribution in [3.63, 3.8) is 0 Å². The van der Waals surface area contributed by atoms with E-state index in [1.807, 2.05) is 18.8 Å². The molecule has 3 rings (SSSR count). The third-order valence-electron chi connectivity index (χ3n) is 4.05. The van der Waals surface area contributed by atoms with E-state index in [-0.39, 0.29) is 38.9 Å². The van der Waals surface area contributed by atoms with Crippen molar-refractivity contribution in [1.82, 2.24) is 19.3 Å². The van der Waals surface area contributed by atoms with E-state index in [4.69, 9.17) is 33.7 Å². The number of nitrogens with two attached hydrogens (primary N) is 1. The minimum Gasteiger partial charge on any atom is -0.453 e. The van der Waals surface area contributed by atoms with Gasteiger partial charge >= 0.3 is 5.69 Å². The topological polar surface area (TPSA) is 125 Å². The SMILES string of the molecule is Cc1cc(Oc2c(Cl)cc(-n3nc(N)c(=O)[nH]c3=O)cc2Cl)cn(C(C)C)c1=O. The number of rotatable bonds is 4. The number of aryl methyl sites for hydroxylation is 1. The molecule has 0 aliphatic rings. The molecule has 0 saturated carbocycles. The number of nitrogens with one attached hydrogen (secondary N) is 1. The number of benzene rings is 1. The maximum atomic E-state index is 12.2. The van der Waals surface area contributed by atoms with Crippen LogP contribution in [0.1, 0.15) is 25.5 Å². The summed E-state index contributed by atoms with van der Waals surface area (Å²) in [6.07, 6.45) is 1.56. The fraction of sp³-hybridized carbons (Fsp3) is 0.222. The molecule has 0 unspecified atom stereocenters. The average Bonchev–Trinajstić information content (AvgIpc) is 2.63. The Bertz CT molecular complexity index is 1250. The number of hydrogen-bond donors (Lipinski definition) is 2. The van der Waals surface area contributed by atoms with Crippen molar-refractivity contribution in [3.05, 3.63) is 71.2 Å². The van der Waals surface area contributed by atoms with Gasteiger partial charge in [-0.25, -0.2) is 4.79 Å². The van der Waals surface area contributed by atoms with E-state index < -0.39 is 11.2 Å². The van der Waals surface area contributed by atoms with Crippen molar-refractivity contribution in [1.29, 1.82) is 0 Å². The molecule has 0 radical (unpaired) electrons. The second-order valence-corrected chi connectivity index (χ2v) is 7.38. The van der Waals surface area contributed by atoms with Gasteiger partial charge in [0.25, 0.3) is 11.1 Å². The van der Waals surface area contributed by atoms with E-state index in [1.165, 1.54) is 16.7 Å². The number of aromatic amines is 1. The molecule has 0 bridgehead atoms. The minimum atomic E-state index is -0.801. The highest BCUT2D eigenvalue weighted by molar-refractivity contribution is 6.37. The van der Waals surface area contributed by atoms with Crippen LogP contribution in [0.2, 0.25) is 10.0 Å².